The first kappa shape index (κ1) is 18.7. The van der Waals surface area contributed by atoms with Crippen molar-refractivity contribution in [2.75, 3.05) is 39.8 Å². The van der Waals surface area contributed by atoms with Crippen LogP contribution in [0.3, 0.4) is 0 Å². The van der Waals surface area contributed by atoms with Crippen molar-refractivity contribution in [1.82, 2.24) is 25.3 Å². The molecule has 1 amide bonds. The van der Waals surface area contributed by atoms with Gasteiger partial charge >= 0.3 is 0 Å². The Hall–Kier alpha value is -1.39. The number of aliphatic imine (C=N–C) groups is 1. The number of hydrogen-bond acceptors (Lipinski definition) is 5. The molecule has 9 heteroatoms. The summed E-state index contributed by atoms with van der Waals surface area (Å²) in [7, 11) is 1.76. The van der Waals surface area contributed by atoms with Gasteiger partial charge in [-0.3, -0.25) is 9.79 Å². The molecule has 1 N–H and O–H groups in total. The average Bonchev–Trinajstić information content (AvgIpc) is 2.89. The van der Waals surface area contributed by atoms with E-state index in [0.717, 1.165) is 32.1 Å². The van der Waals surface area contributed by atoms with Crippen LogP contribution in [-0.4, -0.2) is 71.6 Å². The fraction of sp³-hybridized carbons (Fsp3) is 0.692. The molecular formula is C13H23IN6O2. The van der Waals surface area contributed by atoms with Crippen LogP contribution in [0.15, 0.2) is 9.52 Å². The van der Waals surface area contributed by atoms with E-state index in [2.05, 4.69) is 25.3 Å². The number of nitrogens with one attached hydrogen (secondary N) is 1. The van der Waals surface area contributed by atoms with Crippen LogP contribution in [0, 0.1) is 6.92 Å². The van der Waals surface area contributed by atoms with Gasteiger partial charge < -0.3 is 19.6 Å². The normalized spacial score (nSPS) is 15.5. The predicted octanol–water partition coefficient (Wildman–Crippen LogP) is 0.278. The highest BCUT2D eigenvalue weighted by molar-refractivity contribution is 14.0. The zero-order valence-corrected chi connectivity index (χ0v) is 15.5. The van der Waals surface area contributed by atoms with Crippen LogP contribution in [0.4, 0.5) is 0 Å². The van der Waals surface area contributed by atoms with Crippen molar-refractivity contribution in [2.45, 2.75) is 20.3 Å². The Kier molecular flexibility index (Phi) is 7.56. The van der Waals surface area contributed by atoms with E-state index in [1.54, 1.807) is 20.9 Å². The van der Waals surface area contributed by atoms with Gasteiger partial charge in [-0.25, -0.2) is 0 Å². The molecule has 1 aromatic rings. The quantitative estimate of drug-likeness (QED) is 0.428. The van der Waals surface area contributed by atoms with Crippen molar-refractivity contribution in [1.29, 1.82) is 0 Å². The summed E-state index contributed by atoms with van der Waals surface area (Å²) in [6.07, 6.45) is 0.660. The highest BCUT2D eigenvalue weighted by atomic mass is 127. The number of hydrogen-bond donors (Lipinski definition) is 1. The number of rotatable bonds is 3. The Morgan fingerprint density at radius 2 is 1.95 bits per heavy atom. The summed E-state index contributed by atoms with van der Waals surface area (Å²) >= 11 is 0. The van der Waals surface area contributed by atoms with E-state index < -0.39 is 0 Å². The van der Waals surface area contributed by atoms with Gasteiger partial charge in [0.15, 0.2) is 11.8 Å². The molecule has 2 heterocycles. The third-order valence-electron chi connectivity index (χ3n) is 3.43. The number of carbonyl (C=O) groups is 1. The lowest BCUT2D eigenvalue weighted by molar-refractivity contribution is -0.130. The largest absolute Gasteiger partial charge is 0.356 e. The molecule has 8 nitrogen and oxygen atoms in total. The topological polar surface area (TPSA) is 86.9 Å². The summed E-state index contributed by atoms with van der Waals surface area (Å²) in [5, 5.41) is 7.04. The van der Waals surface area contributed by atoms with E-state index in [1.165, 1.54) is 0 Å². The number of guanidine groups is 1. The van der Waals surface area contributed by atoms with Gasteiger partial charge in [0.25, 0.3) is 0 Å². The van der Waals surface area contributed by atoms with Crippen LogP contribution >= 0.6 is 24.0 Å². The molecule has 1 aliphatic heterocycles. The first-order valence-corrected chi connectivity index (χ1v) is 7.10. The summed E-state index contributed by atoms with van der Waals surface area (Å²) in [5.74, 6) is 2.24. The molecule has 2 rings (SSSR count). The Balaban J connectivity index is 0.00000242. The Morgan fingerprint density at radius 1 is 1.32 bits per heavy atom. The summed E-state index contributed by atoms with van der Waals surface area (Å²) in [6, 6.07) is 0. The van der Waals surface area contributed by atoms with Crippen LogP contribution < -0.4 is 5.32 Å². The van der Waals surface area contributed by atoms with Crippen LogP contribution in [0.1, 0.15) is 18.6 Å². The van der Waals surface area contributed by atoms with Crippen molar-refractivity contribution in [3.8, 4) is 0 Å². The van der Waals surface area contributed by atoms with Gasteiger partial charge in [0.2, 0.25) is 11.8 Å². The zero-order chi connectivity index (χ0) is 15.2. The molecule has 1 aromatic heterocycles. The molecule has 0 saturated carbocycles. The lowest BCUT2D eigenvalue weighted by Gasteiger charge is -2.36. The summed E-state index contributed by atoms with van der Waals surface area (Å²) < 4.78 is 5.07. The Bertz CT molecular complexity index is 510. The first-order chi connectivity index (χ1) is 10.1. The van der Waals surface area contributed by atoms with E-state index in [9.17, 15) is 4.79 Å². The number of nitrogens with zero attached hydrogens (tertiary/aromatic N) is 5. The van der Waals surface area contributed by atoms with Crippen LogP contribution in [-0.2, 0) is 11.2 Å². The number of piperazine rings is 1. The highest BCUT2D eigenvalue weighted by Crippen LogP contribution is 2.03. The van der Waals surface area contributed by atoms with Gasteiger partial charge in [-0.2, -0.15) is 4.98 Å². The average molecular weight is 422 g/mol. The zero-order valence-electron chi connectivity index (χ0n) is 13.2. The van der Waals surface area contributed by atoms with E-state index in [-0.39, 0.29) is 29.9 Å². The molecule has 0 unspecified atom stereocenters. The van der Waals surface area contributed by atoms with Crippen LogP contribution in [0.5, 0.6) is 0 Å². The standard InChI is InChI=1S/C13H22N6O2.HI/c1-10-16-12(21-17-10)4-5-15-13(14-3)19-8-6-18(7-9-19)11(2)20;/h4-9H2,1-3H3,(H,14,15);1H. The third-order valence-corrected chi connectivity index (χ3v) is 3.43. The van der Waals surface area contributed by atoms with Crippen molar-refractivity contribution < 1.29 is 9.32 Å². The summed E-state index contributed by atoms with van der Waals surface area (Å²) in [6.45, 7) is 7.14. The summed E-state index contributed by atoms with van der Waals surface area (Å²) in [4.78, 5) is 23.8. The first-order valence-electron chi connectivity index (χ1n) is 7.10. The number of aromatic nitrogens is 2. The second kappa shape index (κ2) is 8.91. The van der Waals surface area contributed by atoms with Crippen molar-refractivity contribution in [3.63, 3.8) is 0 Å². The van der Waals surface area contributed by atoms with Crippen LogP contribution in [0.25, 0.3) is 0 Å². The predicted molar refractivity (Wildman–Crippen MR) is 93.3 cm³/mol. The van der Waals surface area contributed by atoms with Crippen LogP contribution in [0.2, 0.25) is 0 Å². The summed E-state index contributed by atoms with van der Waals surface area (Å²) in [5.41, 5.74) is 0. The van der Waals surface area contributed by atoms with E-state index in [0.29, 0.717) is 24.7 Å². The minimum absolute atomic E-state index is 0. The lowest BCUT2D eigenvalue weighted by Crippen LogP contribution is -2.53. The van der Waals surface area contributed by atoms with Gasteiger partial charge in [-0.1, -0.05) is 5.16 Å². The van der Waals surface area contributed by atoms with Gasteiger partial charge in [0.05, 0.1) is 0 Å². The molecule has 0 radical (unpaired) electrons. The molecule has 1 fully saturated rings. The Morgan fingerprint density at radius 3 is 2.45 bits per heavy atom. The molecule has 0 atom stereocenters. The minimum Gasteiger partial charge on any atom is -0.356 e. The number of carbonyl (C=O) groups excluding carboxylic acids is 1. The monoisotopic (exact) mass is 422 g/mol. The number of halogens is 1. The second-order valence-electron chi connectivity index (χ2n) is 4.95. The van der Waals surface area contributed by atoms with Crippen molar-refractivity contribution in [2.24, 2.45) is 4.99 Å². The fourth-order valence-corrected chi connectivity index (χ4v) is 2.29. The molecule has 124 valence electrons. The molecular weight excluding hydrogens is 399 g/mol. The maximum absolute atomic E-state index is 11.3. The van der Waals surface area contributed by atoms with Gasteiger partial charge in [0.1, 0.15) is 0 Å². The number of amides is 1. The van der Waals surface area contributed by atoms with Crippen molar-refractivity contribution in [3.05, 3.63) is 11.7 Å². The molecule has 1 saturated heterocycles. The maximum Gasteiger partial charge on any atom is 0.228 e. The molecule has 1 aliphatic rings. The van der Waals surface area contributed by atoms with E-state index in [1.807, 2.05) is 4.90 Å². The third kappa shape index (κ3) is 5.11. The molecule has 0 aromatic carbocycles. The molecule has 0 bridgehead atoms. The van der Waals surface area contributed by atoms with E-state index >= 15 is 0 Å². The molecule has 0 spiro atoms. The lowest BCUT2D eigenvalue weighted by atomic mass is 10.3. The molecule has 0 aliphatic carbocycles. The van der Waals surface area contributed by atoms with Gasteiger partial charge in [0, 0.05) is 53.1 Å². The highest BCUT2D eigenvalue weighted by Gasteiger charge is 2.20. The second-order valence-corrected chi connectivity index (χ2v) is 4.95. The van der Waals surface area contributed by atoms with Gasteiger partial charge in [-0.15, -0.1) is 24.0 Å². The minimum atomic E-state index is 0. The van der Waals surface area contributed by atoms with E-state index in [4.69, 9.17) is 4.52 Å². The maximum atomic E-state index is 11.3. The molecule has 22 heavy (non-hydrogen) atoms. The Labute approximate surface area is 147 Å². The fourth-order valence-electron chi connectivity index (χ4n) is 2.29. The van der Waals surface area contributed by atoms with Gasteiger partial charge in [-0.05, 0) is 6.92 Å². The smallest absolute Gasteiger partial charge is 0.228 e. The van der Waals surface area contributed by atoms with Crippen molar-refractivity contribution >= 4 is 35.8 Å². The number of aryl methyl sites for hydroxylation is 1. The SMILES string of the molecule is CN=C(NCCc1nc(C)no1)N1CCN(C(C)=O)CC1.I.